The summed E-state index contributed by atoms with van der Waals surface area (Å²) in [6.45, 7) is 16.0. The number of piperidine rings is 1. The Bertz CT molecular complexity index is 1010. The molecule has 0 radical (unpaired) electrons. The second-order valence-electron chi connectivity index (χ2n) is 13.0. The number of fused-ring (bicyclic) bond motifs is 1. The van der Waals surface area contributed by atoms with Gasteiger partial charge in [-0.1, -0.05) is 52.2 Å². The summed E-state index contributed by atoms with van der Waals surface area (Å²) in [5.41, 5.74) is -0.0841. The van der Waals surface area contributed by atoms with Crippen molar-refractivity contribution < 1.29 is 24.0 Å². The quantitative estimate of drug-likeness (QED) is 0.197. The number of nitrogens with one attached hydrogen (secondary N) is 2. The lowest BCUT2D eigenvalue weighted by atomic mass is 9.82. The van der Waals surface area contributed by atoms with E-state index in [1.54, 1.807) is 17.1 Å². The molecule has 1 heterocycles. The molecule has 8 heteroatoms. The third-order valence-electron chi connectivity index (χ3n) is 9.87. The van der Waals surface area contributed by atoms with Crippen LogP contribution < -0.4 is 10.6 Å². The van der Waals surface area contributed by atoms with E-state index in [2.05, 4.69) is 37.6 Å². The van der Waals surface area contributed by atoms with Gasteiger partial charge in [0, 0.05) is 31.3 Å². The van der Waals surface area contributed by atoms with E-state index in [0.717, 1.165) is 38.5 Å². The van der Waals surface area contributed by atoms with Crippen LogP contribution in [0.15, 0.2) is 25.3 Å². The van der Waals surface area contributed by atoms with Crippen LogP contribution in [-0.2, 0) is 19.2 Å². The molecule has 0 aromatic carbocycles. The summed E-state index contributed by atoms with van der Waals surface area (Å²) in [6, 6.07) is -1.74. The van der Waals surface area contributed by atoms with E-state index in [9.17, 15) is 24.0 Å². The zero-order valence-electron chi connectivity index (χ0n) is 25.6. The van der Waals surface area contributed by atoms with Gasteiger partial charge >= 0.3 is 6.03 Å². The molecule has 8 nitrogen and oxygen atoms in total. The fraction of sp³-hybridized carbons (Fsp3) is 0.727. The highest BCUT2D eigenvalue weighted by molar-refractivity contribution is 6.38. The molecule has 0 aromatic rings. The van der Waals surface area contributed by atoms with E-state index in [4.69, 9.17) is 0 Å². The number of ketones is 3. The zero-order valence-corrected chi connectivity index (χ0v) is 25.6. The summed E-state index contributed by atoms with van der Waals surface area (Å²) in [5.74, 6) is -1.88. The number of carbonyl (C=O) groups excluding carboxylic acids is 5. The molecule has 0 bridgehead atoms. The van der Waals surface area contributed by atoms with Crippen molar-refractivity contribution in [3.05, 3.63) is 25.3 Å². The van der Waals surface area contributed by atoms with Crippen LogP contribution in [0.25, 0.3) is 0 Å². The van der Waals surface area contributed by atoms with Crippen LogP contribution in [0.3, 0.4) is 0 Å². The highest BCUT2D eigenvalue weighted by Gasteiger charge is 2.69. The SMILES string of the molecule is C=CCCC(=O)C(=O)C(CCC=C)CC(=O)[C@@H]1[C@@H]2[C@H](CN1C(=O)[C@@H](NC(=O)NC(C)CC)C1CCCCC1)C2(C)C. The second-order valence-corrected chi connectivity index (χ2v) is 13.0. The highest BCUT2D eigenvalue weighted by Crippen LogP contribution is 2.65. The predicted octanol–water partition coefficient (Wildman–Crippen LogP) is 5.16. The van der Waals surface area contributed by atoms with Crippen molar-refractivity contribution in [2.45, 2.75) is 116 Å². The molecule has 0 spiro atoms. The summed E-state index contributed by atoms with van der Waals surface area (Å²) in [7, 11) is 0. The summed E-state index contributed by atoms with van der Waals surface area (Å²) in [4.78, 5) is 68.5. The minimum Gasteiger partial charge on any atom is -0.336 e. The number of urea groups is 1. The Balaban J connectivity index is 1.84. The van der Waals surface area contributed by atoms with Gasteiger partial charge in [-0.25, -0.2) is 4.79 Å². The molecule has 3 aliphatic rings. The van der Waals surface area contributed by atoms with Crippen LogP contribution in [-0.4, -0.2) is 58.9 Å². The van der Waals surface area contributed by atoms with E-state index in [1.807, 2.05) is 13.8 Å². The van der Waals surface area contributed by atoms with Gasteiger partial charge in [0.05, 0.1) is 6.04 Å². The number of hydrogen-bond acceptors (Lipinski definition) is 5. The third kappa shape index (κ3) is 7.75. The molecule has 2 aliphatic carbocycles. The maximum atomic E-state index is 14.2. The Morgan fingerprint density at radius 1 is 1.00 bits per heavy atom. The number of hydrogen-bond donors (Lipinski definition) is 2. The zero-order chi connectivity index (χ0) is 30.3. The molecular weight excluding hydrogens is 518 g/mol. The first kappa shape index (κ1) is 32.7. The first-order chi connectivity index (χ1) is 19.5. The number of nitrogens with zero attached hydrogens (tertiary/aromatic N) is 1. The highest BCUT2D eigenvalue weighted by atomic mass is 16.2. The lowest BCUT2D eigenvalue weighted by Crippen LogP contribution is -2.58. The first-order valence-electron chi connectivity index (χ1n) is 15.7. The number of carbonyl (C=O) groups is 5. The Morgan fingerprint density at radius 2 is 1.66 bits per heavy atom. The Kier molecular flexibility index (Phi) is 11.5. The van der Waals surface area contributed by atoms with Gasteiger partial charge in [0.2, 0.25) is 11.7 Å². The molecule has 6 atom stereocenters. The fourth-order valence-corrected chi connectivity index (χ4v) is 7.01. The van der Waals surface area contributed by atoms with Crippen molar-refractivity contribution in [2.24, 2.45) is 29.1 Å². The van der Waals surface area contributed by atoms with Gasteiger partial charge in [0.15, 0.2) is 11.6 Å². The van der Waals surface area contributed by atoms with Gasteiger partial charge in [-0.2, -0.15) is 0 Å². The van der Waals surface area contributed by atoms with Crippen LogP contribution in [0.1, 0.15) is 98.3 Å². The van der Waals surface area contributed by atoms with Crippen molar-refractivity contribution in [1.82, 2.24) is 15.5 Å². The average Bonchev–Trinajstić information content (AvgIpc) is 3.27. The first-order valence-corrected chi connectivity index (χ1v) is 15.7. The smallest absolute Gasteiger partial charge is 0.315 e. The fourth-order valence-electron chi connectivity index (χ4n) is 7.01. The van der Waals surface area contributed by atoms with Crippen molar-refractivity contribution >= 4 is 29.3 Å². The number of allylic oxidation sites excluding steroid dienone is 2. The average molecular weight is 570 g/mol. The predicted molar refractivity (Wildman–Crippen MR) is 160 cm³/mol. The van der Waals surface area contributed by atoms with E-state index in [-0.39, 0.29) is 59.8 Å². The van der Waals surface area contributed by atoms with Gasteiger partial charge in [-0.05, 0) is 68.6 Å². The number of Topliss-reactive ketones (excluding diaryl/α,β-unsaturated/α-hetero) is 3. The van der Waals surface area contributed by atoms with Crippen molar-refractivity contribution in [2.75, 3.05) is 6.54 Å². The normalized spacial score (nSPS) is 25.3. The van der Waals surface area contributed by atoms with Gasteiger partial charge in [0.1, 0.15) is 6.04 Å². The van der Waals surface area contributed by atoms with Gasteiger partial charge in [-0.15, -0.1) is 13.2 Å². The monoisotopic (exact) mass is 569 g/mol. The molecule has 41 heavy (non-hydrogen) atoms. The summed E-state index contributed by atoms with van der Waals surface area (Å²) < 4.78 is 0. The molecule has 1 saturated heterocycles. The molecule has 2 N–H and O–H groups in total. The summed E-state index contributed by atoms with van der Waals surface area (Å²) >= 11 is 0. The van der Waals surface area contributed by atoms with E-state index < -0.39 is 29.6 Å². The number of rotatable bonds is 16. The lowest BCUT2D eigenvalue weighted by Gasteiger charge is -2.37. The minimum absolute atomic E-state index is 0.00604. The molecule has 2 saturated carbocycles. The molecule has 228 valence electrons. The van der Waals surface area contributed by atoms with Crippen molar-refractivity contribution in [3.63, 3.8) is 0 Å². The van der Waals surface area contributed by atoms with Gasteiger partial charge in [-0.3, -0.25) is 19.2 Å². The molecule has 3 amide bonds. The van der Waals surface area contributed by atoms with E-state index in [1.165, 1.54) is 0 Å². The van der Waals surface area contributed by atoms with Crippen LogP contribution in [0.5, 0.6) is 0 Å². The topological polar surface area (TPSA) is 113 Å². The Morgan fingerprint density at radius 3 is 2.27 bits per heavy atom. The largest absolute Gasteiger partial charge is 0.336 e. The summed E-state index contributed by atoms with van der Waals surface area (Å²) in [6.07, 6.45) is 10.2. The molecule has 0 aromatic heterocycles. The Labute approximate surface area is 246 Å². The van der Waals surface area contributed by atoms with Crippen LogP contribution >= 0.6 is 0 Å². The second kappa shape index (κ2) is 14.4. The number of likely N-dealkylation sites (tertiary alicyclic amines) is 1. The van der Waals surface area contributed by atoms with Crippen LogP contribution in [0.4, 0.5) is 4.79 Å². The van der Waals surface area contributed by atoms with E-state index in [0.29, 0.717) is 25.8 Å². The van der Waals surface area contributed by atoms with E-state index >= 15 is 0 Å². The van der Waals surface area contributed by atoms with Crippen LogP contribution in [0.2, 0.25) is 0 Å². The molecular formula is C33H51N3O5. The molecule has 3 rings (SSSR count). The van der Waals surface area contributed by atoms with Gasteiger partial charge < -0.3 is 15.5 Å². The summed E-state index contributed by atoms with van der Waals surface area (Å²) in [5, 5.41) is 5.91. The minimum atomic E-state index is -0.732. The molecule has 1 aliphatic heterocycles. The molecule has 2 unspecified atom stereocenters. The third-order valence-corrected chi connectivity index (χ3v) is 9.87. The maximum absolute atomic E-state index is 14.2. The van der Waals surface area contributed by atoms with Crippen LogP contribution in [0, 0.1) is 29.1 Å². The molecule has 3 fully saturated rings. The maximum Gasteiger partial charge on any atom is 0.315 e. The van der Waals surface area contributed by atoms with Crippen molar-refractivity contribution in [3.8, 4) is 0 Å². The van der Waals surface area contributed by atoms with Crippen molar-refractivity contribution in [1.29, 1.82) is 0 Å². The number of amides is 3. The van der Waals surface area contributed by atoms with Gasteiger partial charge in [0.25, 0.3) is 0 Å². The Hall–Kier alpha value is -2.77. The standard InChI is InChI=1S/C33H51N3O5/c1-7-10-15-23(30(39)25(37)18-11-8-2)19-26(38)29-27-24(33(27,5)6)20-36(29)31(40)28(22-16-13-12-14-17-22)35-32(41)34-21(4)9-3/h7-8,21-24,27-29H,1-2,9-20H2,3-6H3,(H2,34,35,41)/t21?,23?,24-,27-,28-,29+/m0/s1. The lowest BCUT2D eigenvalue weighted by molar-refractivity contribution is -0.144.